The lowest BCUT2D eigenvalue weighted by atomic mass is 10.0. The van der Waals surface area contributed by atoms with Gasteiger partial charge in [0.2, 0.25) is 18.3 Å². The lowest BCUT2D eigenvalue weighted by Gasteiger charge is -2.49. The second-order valence-electron chi connectivity index (χ2n) is 6.91. The molecule has 0 aromatic rings. The molecule has 1 saturated heterocycles. The number of amides is 2. The van der Waals surface area contributed by atoms with Crippen molar-refractivity contribution in [1.82, 2.24) is 10.2 Å². The molecule has 2 atom stereocenters. The van der Waals surface area contributed by atoms with Gasteiger partial charge < -0.3 is 29.1 Å². The number of ether oxygens (including phenoxy) is 4. The number of β-lactam (4-membered cyclic amide) rings is 1. The zero-order valence-electron chi connectivity index (χ0n) is 19.5. The number of methoxy groups -OCH3 is 2. The fourth-order valence-corrected chi connectivity index (χ4v) is 4.61. The molecule has 1 unspecified atom stereocenters. The lowest BCUT2D eigenvalue weighted by molar-refractivity contribution is -0.157. The lowest BCUT2D eigenvalue weighted by Crippen LogP contribution is -2.71. The van der Waals surface area contributed by atoms with Gasteiger partial charge in [-0.25, -0.2) is 9.59 Å². The van der Waals surface area contributed by atoms with Crippen molar-refractivity contribution in [2.24, 2.45) is 5.16 Å². The van der Waals surface area contributed by atoms with Gasteiger partial charge in [0.1, 0.15) is 30.8 Å². The number of rotatable bonds is 12. The Morgan fingerprint density at radius 2 is 1.86 bits per heavy atom. The van der Waals surface area contributed by atoms with Crippen molar-refractivity contribution in [2.45, 2.75) is 11.4 Å². The van der Waals surface area contributed by atoms with Crippen LogP contribution in [0.25, 0.3) is 0 Å². The van der Waals surface area contributed by atoms with Crippen LogP contribution in [-0.4, -0.2) is 114 Å². The van der Waals surface area contributed by atoms with Gasteiger partial charge in [-0.1, -0.05) is 5.16 Å². The van der Waals surface area contributed by atoms with Crippen LogP contribution in [0.15, 0.2) is 16.4 Å². The van der Waals surface area contributed by atoms with E-state index in [1.54, 1.807) is 0 Å². The van der Waals surface area contributed by atoms with E-state index in [0.717, 1.165) is 19.1 Å². The Balaban J connectivity index is 2.15. The van der Waals surface area contributed by atoms with Gasteiger partial charge in [-0.15, -0.1) is 11.8 Å². The number of Topliss-reactive ketones (excluding diaryl/α,β-unsaturated/α-hetero) is 1. The number of carbonyl (C=O) groups excluding carboxylic acids is 5. The second-order valence-corrected chi connectivity index (χ2v) is 9.66. The summed E-state index contributed by atoms with van der Waals surface area (Å²) < 4.78 is 45.3. The molecule has 2 rings (SSSR count). The molecule has 2 aliphatic heterocycles. The minimum atomic E-state index is -3.98. The number of nitrogens with zero attached hydrogens (tertiary/aromatic N) is 2. The molecule has 36 heavy (non-hydrogen) atoms. The topological polar surface area (TPSA) is 202 Å². The molecule has 18 heteroatoms. The van der Waals surface area contributed by atoms with E-state index in [0.29, 0.717) is 11.8 Å². The largest absolute Gasteiger partial charge is 0.510 e. The summed E-state index contributed by atoms with van der Waals surface area (Å²) >= 11 is 1.19. The van der Waals surface area contributed by atoms with E-state index in [2.05, 4.69) is 29.0 Å². The third-order valence-electron chi connectivity index (χ3n) is 4.45. The summed E-state index contributed by atoms with van der Waals surface area (Å²) in [6, 6.07) is -1.17. The van der Waals surface area contributed by atoms with Crippen LogP contribution in [-0.2, 0) is 57.3 Å². The quantitative estimate of drug-likeness (QED) is 0.0535. The molecular formula is C18H23N3O13S2. The van der Waals surface area contributed by atoms with Crippen molar-refractivity contribution in [2.75, 3.05) is 53.3 Å². The molecule has 2 aliphatic rings. The van der Waals surface area contributed by atoms with Gasteiger partial charge in [0, 0.05) is 12.9 Å². The van der Waals surface area contributed by atoms with E-state index in [-0.39, 0.29) is 18.1 Å². The van der Waals surface area contributed by atoms with Crippen molar-refractivity contribution < 1.29 is 60.4 Å². The van der Waals surface area contributed by atoms with Gasteiger partial charge in [0.05, 0.1) is 20.0 Å². The number of hydrogen-bond acceptors (Lipinski definition) is 15. The molecule has 0 aliphatic carbocycles. The molecule has 16 nitrogen and oxygen atoms in total. The predicted molar refractivity (Wildman–Crippen MR) is 119 cm³/mol. The summed E-state index contributed by atoms with van der Waals surface area (Å²) in [6.07, 6.45) is -0.371. The Hall–Kier alpha value is -3.22. The van der Waals surface area contributed by atoms with Crippen LogP contribution in [0.2, 0.25) is 0 Å². The second kappa shape index (κ2) is 12.7. The third-order valence-corrected chi connectivity index (χ3v) is 6.33. The minimum absolute atomic E-state index is 0.0116. The summed E-state index contributed by atoms with van der Waals surface area (Å²) in [5, 5.41) is 4.85. The number of nitrogens with one attached hydrogen (secondary N) is 1. The van der Waals surface area contributed by atoms with Gasteiger partial charge in [-0.3, -0.25) is 23.5 Å². The fraction of sp³-hybridized carbons (Fsp3) is 0.556. The first-order valence-electron chi connectivity index (χ1n) is 9.78. The molecule has 1 fully saturated rings. The number of ketones is 1. The average Bonchev–Trinajstić information content (AvgIpc) is 2.83. The number of esters is 1. The molecule has 1 N–H and O–H groups in total. The first-order valence-corrected chi connectivity index (χ1v) is 12.6. The molecular weight excluding hydrogens is 530 g/mol. The monoisotopic (exact) mass is 553 g/mol. The smallest absolute Gasteiger partial charge is 0.438 e. The Bertz CT molecular complexity index is 1090. The molecule has 200 valence electrons. The summed E-state index contributed by atoms with van der Waals surface area (Å²) in [7, 11) is -0.479. The molecule has 0 aromatic heterocycles. The Morgan fingerprint density at radius 3 is 2.44 bits per heavy atom. The molecule has 2 amide bonds. The number of thioether (sulfide) groups is 1. The van der Waals surface area contributed by atoms with E-state index < -0.39 is 70.4 Å². The highest BCUT2D eigenvalue weighted by molar-refractivity contribution is 8.00. The molecule has 2 heterocycles. The number of carbonyl (C=O) groups is 5. The van der Waals surface area contributed by atoms with E-state index in [9.17, 15) is 32.4 Å². The van der Waals surface area contributed by atoms with Crippen molar-refractivity contribution in [3.63, 3.8) is 0 Å². The SMILES string of the molecule is COCC1=C(C(=O)OCOC(=O)OC)N2C(=O)C(NC(=O)C(=NOC)C(=O)COS(C)(=O)=O)[C@H]2SC1. The van der Waals surface area contributed by atoms with Crippen LogP contribution in [0, 0.1) is 0 Å². The first-order chi connectivity index (χ1) is 16.9. The standard InChI is InChI=1S/C18H23N3O13S2/c1-29-5-9-7-35-16-12(15(24)21(16)13(9)17(25)32-8-33-18(26)30-2)19-14(23)11(20-31-3)10(22)6-34-36(4,27)28/h12,16H,5-8H2,1-4H3,(H,19,23)/t12?,16-/m1/s1. The number of hydrogen-bond donors (Lipinski definition) is 1. The van der Waals surface area contributed by atoms with E-state index in [4.69, 9.17) is 9.47 Å². The summed E-state index contributed by atoms with van der Waals surface area (Å²) in [6.45, 7) is -1.80. The maximum absolute atomic E-state index is 12.9. The fourth-order valence-electron chi connectivity index (χ4n) is 2.96. The van der Waals surface area contributed by atoms with Crippen LogP contribution >= 0.6 is 11.8 Å². The van der Waals surface area contributed by atoms with E-state index >= 15 is 0 Å². The van der Waals surface area contributed by atoms with Crippen LogP contribution in [0.1, 0.15) is 0 Å². The molecule has 0 saturated carbocycles. The van der Waals surface area contributed by atoms with Crippen molar-refractivity contribution in [3.8, 4) is 0 Å². The van der Waals surface area contributed by atoms with Crippen LogP contribution < -0.4 is 5.32 Å². The highest BCUT2D eigenvalue weighted by Crippen LogP contribution is 2.40. The number of fused-ring (bicyclic) bond motifs is 1. The molecule has 0 radical (unpaired) electrons. The van der Waals surface area contributed by atoms with Crippen LogP contribution in [0.4, 0.5) is 4.79 Å². The van der Waals surface area contributed by atoms with Crippen LogP contribution in [0.5, 0.6) is 0 Å². The Morgan fingerprint density at radius 1 is 1.17 bits per heavy atom. The zero-order valence-corrected chi connectivity index (χ0v) is 21.1. The predicted octanol–water partition coefficient (Wildman–Crippen LogP) is -1.88. The number of oxime groups is 1. The van der Waals surface area contributed by atoms with Crippen molar-refractivity contribution in [3.05, 3.63) is 11.3 Å². The van der Waals surface area contributed by atoms with Gasteiger partial charge in [0.25, 0.3) is 21.9 Å². The molecule has 0 spiro atoms. The molecule has 0 aromatic carbocycles. The van der Waals surface area contributed by atoms with Gasteiger partial charge in [0.15, 0.2) is 0 Å². The highest BCUT2D eigenvalue weighted by atomic mass is 32.2. The minimum Gasteiger partial charge on any atom is -0.438 e. The molecule has 0 bridgehead atoms. The Kier molecular flexibility index (Phi) is 10.2. The van der Waals surface area contributed by atoms with E-state index in [1.165, 1.54) is 18.9 Å². The maximum atomic E-state index is 12.9. The summed E-state index contributed by atoms with van der Waals surface area (Å²) in [4.78, 5) is 67.0. The average molecular weight is 554 g/mol. The highest BCUT2D eigenvalue weighted by Gasteiger charge is 2.54. The van der Waals surface area contributed by atoms with Crippen LogP contribution in [0.3, 0.4) is 0 Å². The van der Waals surface area contributed by atoms with Gasteiger partial charge in [-0.2, -0.15) is 8.42 Å². The summed E-state index contributed by atoms with van der Waals surface area (Å²) in [5.74, 6) is -3.72. The van der Waals surface area contributed by atoms with Crippen molar-refractivity contribution >= 4 is 57.3 Å². The normalized spacial score (nSPS) is 19.6. The maximum Gasteiger partial charge on any atom is 0.510 e. The third kappa shape index (κ3) is 7.15. The van der Waals surface area contributed by atoms with E-state index in [1.807, 2.05) is 0 Å². The first kappa shape index (κ1) is 29.0. The van der Waals surface area contributed by atoms with Gasteiger partial charge in [-0.05, 0) is 5.57 Å². The van der Waals surface area contributed by atoms with Crippen molar-refractivity contribution in [1.29, 1.82) is 0 Å². The zero-order chi connectivity index (χ0) is 27.0. The summed E-state index contributed by atoms with van der Waals surface area (Å²) in [5.41, 5.74) is -0.564. The van der Waals surface area contributed by atoms with Gasteiger partial charge >= 0.3 is 12.1 Å². The Labute approximate surface area is 209 Å².